The highest BCUT2D eigenvalue weighted by atomic mass is 16.7. The van der Waals surface area contributed by atoms with Gasteiger partial charge in [-0.3, -0.25) is 10.2 Å². The van der Waals surface area contributed by atoms with Crippen molar-refractivity contribution in [3.8, 4) is 11.5 Å². The Hall–Kier alpha value is -3.87. The van der Waals surface area contributed by atoms with Crippen molar-refractivity contribution >= 4 is 23.7 Å². The van der Waals surface area contributed by atoms with Gasteiger partial charge in [-0.05, 0) is 43.2 Å². The Balaban J connectivity index is 1.58. The van der Waals surface area contributed by atoms with Crippen LogP contribution in [-0.4, -0.2) is 29.2 Å². The molecule has 0 bridgehead atoms. The van der Waals surface area contributed by atoms with Crippen LogP contribution in [0.3, 0.4) is 0 Å². The maximum Gasteiger partial charge on any atom is 0.282 e. The van der Waals surface area contributed by atoms with Crippen LogP contribution < -0.4 is 9.47 Å². The summed E-state index contributed by atoms with van der Waals surface area (Å²) in [6.45, 7) is 4.52. The monoisotopic (exact) mass is 403 g/mol. The van der Waals surface area contributed by atoms with Crippen LogP contribution in [0.4, 0.5) is 0 Å². The number of hydroxylamine groups is 2. The number of hydrogen-bond donors (Lipinski definition) is 1. The van der Waals surface area contributed by atoms with Gasteiger partial charge in [-0.15, -0.1) is 5.06 Å². The molecule has 7 heteroatoms. The van der Waals surface area contributed by atoms with Crippen LogP contribution in [0, 0.1) is 5.41 Å². The molecule has 2 aliphatic heterocycles. The van der Waals surface area contributed by atoms with Crippen LogP contribution in [0.25, 0.3) is 6.08 Å². The van der Waals surface area contributed by atoms with Crippen LogP contribution in [0.2, 0.25) is 0 Å². The van der Waals surface area contributed by atoms with Crippen molar-refractivity contribution in [2.75, 3.05) is 6.61 Å². The number of amides is 1. The minimum atomic E-state index is -0.483. The fraction of sp³-hybridized carbons (Fsp3) is 0.174. The molecule has 2 heterocycles. The summed E-state index contributed by atoms with van der Waals surface area (Å²) in [5.41, 5.74) is 1.89. The molecule has 30 heavy (non-hydrogen) atoms. The fourth-order valence-electron chi connectivity index (χ4n) is 3.10. The number of benzene rings is 2. The van der Waals surface area contributed by atoms with Gasteiger partial charge >= 0.3 is 0 Å². The summed E-state index contributed by atoms with van der Waals surface area (Å²) in [5, 5.41) is 9.56. The first-order valence-electron chi connectivity index (χ1n) is 9.58. The second-order valence-corrected chi connectivity index (χ2v) is 6.74. The Morgan fingerprint density at radius 3 is 2.70 bits per heavy atom. The van der Waals surface area contributed by atoms with Gasteiger partial charge in [0.1, 0.15) is 12.4 Å². The number of aliphatic imine (C=N–C) groups is 1. The van der Waals surface area contributed by atoms with Crippen molar-refractivity contribution in [2.24, 2.45) is 4.99 Å². The Morgan fingerprint density at radius 1 is 1.13 bits per heavy atom. The largest absolute Gasteiger partial charge is 0.490 e. The topological polar surface area (TPSA) is 84.2 Å². The van der Waals surface area contributed by atoms with E-state index in [1.54, 1.807) is 31.2 Å². The molecule has 0 spiro atoms. The second-order valence-electron chi connectivity index (χ2n) is 6.74. The van der Waals surface area contributed by atoms with Gasteiger partial charge in [0.25, 0.3) is 5.91 Å². The number of carbonyl (C=O) groups is 1. The number of nitrogens with one attached hydrogen (secondary N) is 1. The van der Waals surface area contributed by atoms with E-state index in [2.05, 4.69) is 4.99 Å². The summed E-state index contributed by atoms with van der Waals surface area (Å²) in [4.78, 5) is 21.9. The highest BCUT2D eigenvalue weighted by Crippen LogP contribution is 2.31. The summed E-state index contributed by atoms with van der Waals surface area (Å²) in [5.74, 6) is 1.53. The van der Waals surface area contributed by atoms with Gasteiger partial charge in [0.05, 0.1) is 12.2 Å². The normalized spacial score (nSPS) is 16.7. The van der Waals surface area contributed by atoms with Crippen LogP contribution >= 0.6 is 0 Å². The van der Waals surface area contributed by atoms with E-state index in [1.165, 1.54) is 5.06 Å². The molecule has 1 amide bonds. The smallest absolute Gasteiger partial charge is 0.282 e. The molecule has 2 aromatic rings. The van der Waals surface area contributed by atoms with Gasteiger partial charge in [0, 0.05) is 6.08 Å². The van der Waals surface area contributed by atoms with Gasteiger partial charge < -0.3 is 14.3 Å². The predicted octanol–water partition coefficient (Wildman–Crippen LogP) is 4.11. The number of amidine groups is 2. The molecule has 0 saturated carbocycles. The third kappa shape index (κ3) is 3.96. The zero-order valence-electron chi connectivity index (χ0n) is 16.7. The molecule has 0 radical (unpaired) electrons. The van der Waals surface area contributed by atoms with E-state index in [4.69, 9.17) is 19.7 Å². The molecule has 2 aliphatic rings. The van der Waals surface area contributed by atoms with Crippen LogP contribution in [-0.2, 0) is 16.2 Å². The highest BCUT2D eigenvalue weighted by molar-refractivity contribution is 6.32. The summed E-state index contributed by atoms with van der Waals surface area (Å²) in [7, 11) is 0. The van der Waals surface area contributed by atoms with Crippen LogP contribution in [0.5, 0.6) is 11.5 Å². The molecular weight excluding hydrogens is 382 g/mol. The first-order chi connectivity index (χ1) is 14.5. The summed E-state index contributed by atoms with van der Waals surface area (Å²) >= 11 is 0. The van der Waals surface area contributed by atoms with Gasteiger partial charge in [-0.1, -0.05) is 36.4 Å². The van der Waals surface area contributed by atoms with Gasteiger partial charge in [0.2, 0.25) is 0 Å². The summed E-state index contributed by atoms with van der Waals surface area (Å²) < 4.78 is 11.6. The lowest BCUT2D eigenvalue weighted by molar-refractivity contribution is -0.114. The standard InChI is InChI=1S/C23H21N3O4/c1-3-28-20-13-17(9-10-19(20)29-14-16-7-5-4-6-8-16)12-18-22(24)26-21(25-23(18)27)11-15(2)30-26/h4-13,24H,3,14H2,1-2H3/b18-12-,24-22?. The highest BCUT2D eigenvalue weighted by Gasteiger charge is 2.34. The molecule has 0 aromatic heterocycles. The van der Waals surface area contributed by atoms with Crippen molar-refractivity contribution in [3.63, 3.8) is 0 Å². The van der Waals surface area contributed by atoms with E-state index >= 15 is 0 Å². The molecular formula is C23H21N3O4. The van der Waals surface area contributed by atoms with Crippen LogP contribution in [0.15, 0.2) is 70.9 Å². The lowest BCUT2D eigenvalue weighted by atomic mass is 10.1. The zero-order chi connectivity index (χ0) is 21.1. The Kier molecular flexibility index (Phi) is 5.34. The number of ether oxygens (including phenoxy) is 2. The van der Waals surface area contributed by atoms with E-state index in [-0.39, 0.29) is 11.4 Å². The minimum absolute atomic E-state index is 0.0551. The number of fused-ring (bicyclic) bond motifs is 1. The molecule has 2 aromatic carbocycles. The third-order valence-electron chi connectivity index (χ3n) is 4.50. The minimum Gasteiger partial charge on any atom is -0.490 e. The average molecular weight is 403 g/mol. The average Bonchev–Trinajstić information content (AvgIpc) is 3.12. The van der Waals surface area contributed by atoms with E-state index in [0.29, 0.717) is 41.9 Å². The van der Waals surface area contributed by atoms with E-state index in [1.807, 2.05) is 43.3 Å². The number of rotatable bonds is 6. The molecule has 0 saturated heterocycles. The molecule has 0 atom stereocenters. The first kappa shape index (κ1) is 19.4. The number of nitrogens with zero attached hydrogens (tertiary/aromatic N) is 2. The second kappa shape index (κ2) is 8.24. The molecule has 7 nitrogen and oxygen atoms in total. The third-order valence-corrected chi connectivity index (χ3v) is 4.50. The van der Waals surface area contributed by atoms with E-state index in [9.17, 15) is 4.79 Å². The number of carbonyl (C=O) groups excluding carboxylic acids is 1. The maximum atomic E-state index is 12.4. The lowest BCUT2D eigenvalue weighted by Crippen LogP contribution is -2.38. The summed E-state index contributed by atoms with van der Waals surface area (Å²) in [6.07, 6.45) is 3.22. The Labute approximate surface area is 174 Å². The van der Waals surface area contributed by atoms with Crippen molar-refractivity contribution in [1.82, 2.24) is 5.06 Å². The van der Waals surface area contributed by atoms with Crippen molar-refractivity contribution < 1.29 is 19.1 Å². The van der Waals surface area contributed by atoms with E-state index in [0.717, 1.165) is 5.56 Å². The Morgan fingerprint density at radius 2 is 1.93 bits per heavy atom. The van der Waals surface area contributed by atoms with Crippen molar-refractivity contribution in [2.45, 2.75) is 20.5 Å². The van der Waals surface area contributed by atoms with Crippen LogP contribution in [0.1, 0.15) is 25.0 Å². The molecule has 152 valence electrons. The Bertz CT molecular complexity index is 1090. The van der Waals surface area contributed by atoms with Crippen molar-refractivity contribution in [3.05, 3.63) is 77.1 Å². The van der Waals surface area contributed by atoms with Crippen molar-refractivity contribution in [1.29, 1.82) is 5.41 Å². The predicted molar refractivity (Wildman–Crippen MR) is 113 cm³/mol. The van der Waals surface area contributed by atoms with Gasteiger partial charge in [0.15, 0.2) is 23.2 Å². The maximum absolute atomic E-state index is 12.4. The molecule has 0 aliphatic carbocycles. The fourth-order valence-corrected chi connectivity index (χ4v) is 3.10. The molecule has 4 rings (SSSR count). The van der Waals surface area contributed by atoms with Gasteiger partial charge in [-0.25, -0.2) is 0 Å². The molecule has 0 fully saturated rings. The lowest BCUT2D eigenvalue weighted by Gasteiger charge is -2.23. The van der Waals surface area contributed by atoms with E-state index < -0.39 is 5.91 Å². The number of allylic oxidation sites excluding steroid dienone is 1. The summed E-state index contributed by atoms with van der Waals surface area (Å²) in [6, 6.07) is 15.2. The quantitative estimate of drug-likeness (QED) is 0.734. The SMILES string of the molecule is CCOc1cc(/C=C2/C(=N)N3OC(C)=CC3=NC2=O)ccc1OCc1ccccc1. The first-order valence-corrected chi connectivity index (χ1v) is 9.58. The molecule has 0 unspecified atom stereocenters. The van der Waals surface area contributed by atoms with Gasteiger partial charge in [-0.2, -0.15) is 4.99 Å². The number of hydrogen-bond acceptors (Lipinski definition) is 5. The molecule has 1 N–H and O–H groups in total. The zero-order valence-corrected chi connectivity index (χ0v) is 16.7.